The molecule has 7 nitrogen and oxygen atoms in total. The van der Waals surface area contributed by atoms with Crippen molar-refractivity contribution in [3.8, 4) is 11.1 Å². The summed E-state index contributed by atoms with van der Waals surface area (Å²) in [6.07, 6.45) is 7.11. The van der Waals surface area contributed by atoms with Gasteiger partial charge in [0.25, 0.3) is 5.56 Å². The highest BCUT2D eigenvalue weighted by Gasteiger charge is 2.25. The molecule has 0 saturated carbocycles. The molecule has 4 rings (SSSR count). The Bertz CT molecular complexity index is 1090. The molecule has 0 aliphatic carbocycles. The SMILES string of the molecule is Cn1cccc(-c2ccc([C@@H]3CCCN(C(=O)CCn4ccnn4)C3)cc2F)c1=O. The zero-order chi connectivity index (χ0) is 21.1. The van der Waals surface area contributed by atoms with Crippen molar-refractivity contribution < 1.29 is 9.18 Å². The Kier molecular flexibility index (Phi) is 5.74. The normalized spacial score (nSPS) is 16.6. The lowest BCUT2D eigenvalue weighted by molar-refractivity contribution is -0.132. The number of aromatic nitrogens is 4. The predicted octanol–water partition coefficient (Wildman–Crippen LogP) is 2.58. The van der Waals surface area contributed by atoms with Crippen molar-refractivity contribution in [2.45, 2.75) is 31.7 Å². The van der Waals surface area contributed by atoms with E-state index in [9.17, 15) is 14.0 Å². The predicted molar refractivity (Wildman–Crippen MR) is 110 cm³/mol. The Morgan fingerprint density at radius 1 is 1.23 bits per heavy atom. The molecule has 8 heteroatoms. The van der Waals surface area contributed by atoms with Gasteiger partial charge >= 0.3 is 0 Å². The molecule has 156 valence electrons. The van der Waals surface area contributed by atoms with Gasteiger partial charge in [-0.05, 0) is 36.6 Å². The summed E-state index contributed by atoms with van der Waals surface area (Å²) in [7, 11) is 1.65. The first-order valence-corrected chi connectivity index (χ1v) is 10.1. The molecule has 1 aromatic carbocycles. The van der Waals surface area contributed by atoms with Crippen molar-refractivity contribution in [1.29, 1.82) is 0 Å². The first-order valence-electron chi connectivity index (χ1n) is 10.1. The fourth-order valence-electron chi connectivity index (χ4n) is 4.00. The van der Waals surface area contributed by atoms with Crippen LogP contribution in [-0.4, -0.2) is 43.5 Å². The summed E-state index contributed by atoms with van der Waals surface area (Å²) in [4.78, 5) is 26.8. The Balaban J connectivity index is 1.47. The molecule has 0 bridgehead atoms. The highest BCUT2D eigenvalue weighted by Crippen LogP contribution is 2.30. The van der Waals surface area contributed by atoms with Crippen molar-refractivity contribution in [3.63, 3.8) is 0 Å². The van der Waals surface area contributed by atoms with Crippen LogP contribution in [0.25, 0.3) is 11.1 Å². The van der Waals surface area contributed by atoms with Crippen molar-refractivity contribution in [2.24, 2.45) is 7.05 Å². The second-order valence-electron chi connectivity index (χ2n) is 7.67. The molecule has 1 aliphatic rings. The van der Waals surface area contributed by atoms with Crippen molar-refractivity contribution >= 4 is 5.91 Å². The Morgan fingerprint density at radius 2 is 2.10 bits per heavy atom. The standard InChI is InChI=1S/C22H24FN5O2/c1-26-10-3-5-19(22(26)30)18-7-6-16(14-20(18)23)17-4-2-11-27(15-17)21(29)8-12-28-13-9-24-25-28/h3,5-7,9-10,13-14,17H,2,4,8,11-12,15H2,1H3/t17-/m1/s1. The largest absolute Gasteiger partial charge is 0.342 e. The number of hydrogen-bond donors (Lipinski definition) is 0. The van der Waals surface area contributed by atoms with Gasteiger partial charge in [-0.25, -0.2) is 4.39 Å². The van der Waals surface area contributed by atoms with Gasteiger partial charge in [0.15, 0.2) is 0 Å². The van der Waals surface area contributed by atoms with Crippen LogP contribution in [0.4, 0.5) is 4.39 Å². The van der Waals surface area contributed by atoms with Gasteiger partial charge in [-0.3, -0.25) is 14.3 Å². The van der Waals surface area contributed by atoms with Crippen LogP contribution >= 0.6 is 0 Å². The van der Waals surface area contributed by atoms with E-state index in [4.69, 9.17) is 0 Å². The molecule has 0 unspecified atom stereocenters. The number of carbonyl (C=O) groups excluding carboxylic acids is 1. The molecular weight excluding hydrogens is 385 g/mol. The monoisotopic (exact) mass is 409 g/mol. The summed E-state index contributed by atoms with van der Waals surface area (Å²) in [5.41, 5.74) is 1.28. The third-order valence-electron chi connectivity index (χ3n) is 5.68. The topological polar surface area (TPSA) is 73.0 Å². The lowest BCUT2D eigenvalue weighted by Crippen LogP contribution is -2.39. The van der Waals surface area contributed by atoms with Crippen LogP contribution in [-0.2, 0) is 18.4 Å². The van der Waals surface area contributed by atoms with E-state index >= 15 is 0 Å². The second kappa shape index (κ2) is 8.61. The van der Waals surface area contributed by atoms with Crippen LogP contribution in [0.5, 0.6) is 0 Å². The van der Waals surface area contributed by atoms with E-state index in [0.717, 1.165) is 18.4 Å². The number of halogens is 1. The number of carbonyl (C=O) groups is 1. The lowest BCUT2D eigenvalue weighted by Gasteiger charge is -2.33. The summed E-state index contributed by atoms with van der Waals surface area (Å²) in [5.74, 6) is -0.262. The lowest BCUT2D eigenvalue weighted by atomic mass is 9.89. The van der Waals surface area contributed by atoms with E-state index in [-0.39, 0.29) is 17.4 Å². The van der Waals surface area contributed by atoms with Gasteiger partial charge in [0, 0.05) is 50.4 Å². The van der Waals surface area contributed by atoms with Gasteiger partial charge in [-0.15, -0.1) is 5.10 Å². The van der Waals surface area contributed by atoms with Crippen molar-refractivity contribution in [1.82, 2.24) is 24.5 Å². The number of nitrogens with zero attached hydrogens (tertiary/aromatic N) is 5. The maximum absolute atomic E-state index is 14.9. The summed E-state index contributed by atoms with van der Waals surface area (Å²) in [6.45, 7) is 1.78. The summed E-state index contributed by atoms with van der Waals surface area (Å²) in [5, 5.41) is 7.62. The van der Waals surface area contributed by atoms with E-state index in [0.29, 0.717) is 37.2 Å². The maximum Gasteiger partial charge on any atom is 0.258 e. The highest BCUT2D eigenvalue weighted by molar-refractivity contribution is 5.76. The van der Waals surface area contributed by atoms with Gasteiger partial charge in [0.2, 0.25) is 5.91 Å². The maximum atomic E-state index is 14.9. The zero-order valence-corrected chi connectivity index (χ0v) is 16.9. The Labute approximate surface area is 173 Å². The van der Waals surface area contributed by atoms with Gasteiger partial charge in [-0.1, -0.05) is 17.3 Å². The molecular formula is C22H24FN5O2. The van der Waals surface area contributed by atoms with E-state index < -0.39 is 5.82 Å². The van der Waals surface area contributed by atoms with Gasteiger partial charge < -0.3 is 9.47 Å². The number of piperidine rings is 1. The molecule has 3 aromatic rings. The zero-order valence-electron chi connectivity index (χ0n) is 16.9. The minimum Gasteiger partial charge on any atom is -0.342 e. The van der Waals surface area contributed by atoms with Crippen LogP contribution in [0.3, 0.4) is 0 Å². The first-order chi connectivity index (χ1) is 14.5. The molecule has 1 saturated heterocycles. The molecule has 3 heterocycles. The van der Waals surface area contributed by atoms with E-state index in [1.807, 2.05) is 11.0 Å². The molecule has 1 atom stereocenters. The van der Waals surface area contributed by atoms with Crippen LogP contribution in [0.15, 0.2) is 53.7 Å². The molecule has 2 aromatic heterocycles. The quantitative estimate of drug-likeness (QED) is 0.649. The smallest absolute Gasteiger partial charge is 0.258 e. The molecule has 1 fully saturated rings. The average Bonchev–Trinajstić information content (AvgIpc) is 3.28. The number of likely N-dealkylation sites (tertiary alicyclic amines) is 1. The Morgan fingerprint density at radius 3 is 2.87 bits per heavy atom. The molecule has 30 heavy (non-hydrogen) atoms. The van der Waals surface area contributed by atoms with Crippen molar-refractivity contribution in [2.75, 3.05) is 13.1 Å². The third kappa shape index (κ3) is 4.17. The van der Waals surface area contributed by atoms with Gasteiger partial charge in [-0.2, -0.15) is 0 Å². The number of benzene rings is 1. The fraction of sp³-hybridized carbons (Fsp3) is 0.364. The van der Waals surface area contributed by atoms with Gasteiger partial charge in [0.1, 0.15) is 5.82 Å². The van der Waals surface area contributed by atoms with E-state index in [2.05, 4.69) is 10.3 Å². The summed E-state index contributed by atoms with van der Waals surface area (Å²) >= 11 is 0. The molecule has 0 spiro atoms. The Hall–Kier alpha value is -3.29. The van der Waals surface area contributed by atoms with Crippen LogP contribution in [0.1, 0.15) is 30.7 Å². The van der Waals surface area contributed by atoms with E-state index in [1.54, 1.807) is 48.5 Å². The fourth-order valence-corrected chi connectivity index (χ4v) is 4.00. The average molecular weight is 409 g/mol. The number of aryl methyl sites for hydroxylation is 2. The number of rotatable bonds is 5. The van der Waals surface area contributed by atoms with Crippen LogP contribution in [0, 0.1) is 5.82 Å². The number of hydrogen-bond acceptors (Lipinski definition) is 4. The minimum atomic E-state index is -0.412. The van der Waals surface area contributed by atoms with Gasteiger partial charge in [0.05, 0.1) is 18.3 Å². The molecule has 0 radical (unpaired) electrons. The molecule has 1 aliphatic heterocycles. The highest BCUT2D eigenvalue weighted by atomic mass is 19.1. The third-order valence-corrected chi connectivity index (χ3v) is 5.68. The number of amides is 1. The van der Waals surface area contributed by atoms with Crippen LogP contribution in [0.2, 0.25) is 0 Å². The summed E-state index contributed by atoms with van der Waals surface area (Å²) in [6, 6.07) is 8.42. The minimum absolute atomic E-state index is 0.0695. The molecule has 0 N–H and O–H groups in total. The molecule has 1 amide bonds. The second-order valence-corrected chi connectivity index (χ2v) is 7.67. The summed E-state index contributed by atoms with van der Waals surface area (Å²) < 4.78 is 18.0. The van der Waals surface area contributed by atoms with Crippen molar-refractivity contribution in [3.05, 3.63) is 70.7 Å². The first kappa shape index (κ1) is 20.0. The number of pyridine rings is 1. The van der Waals surface area contributed by atoms with E-state index in [1.165, 1.54) is 10.6 Å². The van der Waals surface area contributed by atoms with Crippen LogP contribution < -0.4 is 5.56 Å².